The summed E-state index contributed by atoms with van der Waals surface area (Å²) in [5.74, 6) is 0.488. The topological polar surface area (TPSA) is 89.6 Å². The van der Waals surface area contributed by atoms with Gasteiger partial charge in [-0.15, -0.1) is 11.3 Å². The number of carbonyl (C=O) groups is 2. The minimum Gasteiger partial charge on any atom is -0.508 e. The zero-order chi connectivity index (χ0) is 23.8. The number of nitrogens with zero attached hydrogens (tertiary/aromatic N) is 1. The number of thiophene rings is 1. The maximum Gasteiger partial charge on any atom is 0.299 e. The van der Waals surface area contributed by atoms with Crippen molar-refractivity contribution in [3.05, 3.63) is 88.5 Å². The van der Waals surface area contributed by atoms with Gasteiger partial charge >= 0.3 is 0 Å². The molecular formula is C27H19NO5S. The number of phenols is 1. The van der Waals surface area contributed by atoms with E-state index in [0.717, 1.165) is 32.3 Å². The van der Waals surface area contributed by atoms with Gasteiger partial charge in [-0.1, -0.05) is 29.3 Å². The lowest BCUT2D eigenvalue weighted by Gasteiger charge is -2.08. The number of aryl methyl sites for hydroxylation is 2. The average Bonchev–Trinajstić information content (AvgIpc) is 3.43. The number of aromatic nitrogens is 1. The molecule has 7 heteroatoms. The minimum absolute atomic E-state index is 0.0603. The number of oxazole rings is 1. The number of benzene rings is 3. The SMILES string of the molecule is Cc1cc(C)cc(C(=O)c2sc3cc(O)ccc3c2-c2ccc(-c3nc(OC=O)co3)cc2)c1. The highest BCUT2D eigenvalue weighted by atomic mass is 32.1. The molecule has 5 rings (SSSR count). The summed E-state index contributed by atoms with van der Waals surface area (Å²) >= 11 is 1.37. The summed E-state index contributed by atoms with van der Waals surface area (Å²) in [6, 6.07) is 18.4. The van der Waals surface area contributed by atoms with E-state index in [1.807, 2.05) is 62.4 Å². The van der Waals surface area contributed by atoms with Crippen LogP contribution in [-0.2, 0) is 4.79 Å². The van der Waals surface area contributed by atoms with Crippen LogP contribution in [0.1, 0.15) is 26.4 Å². The van der Waals surface area contributed by atoms with Crippen LogP contribution in [0.5, 0.6) is 11.6 Å². The molecule has 0 unspecified atom stereocenters. The normalized spacial score (nSPS) is 11.0. The summed E-state index contributed by atoms with van der Waals surface area (Å²) < 4.78 is 10.9. The van der Waals surface area contributed by atoms with Gasteiger partial charge in [0.1, 0.15) is 5.75 Å². The molecule has 2 aromatic heterocycles. The molecule has 6 nitrogen and oxygen atoms in total. The molecule has 0 fully saturated rings. The van der Waals surface area contributed by atoms with Gasteiger partial charge < -0.3 is 14.3 Å². The number of aromatic hydroxyl groups is 1. The van der Waals surface area contributed by atoms with Gasteiger partial charge in [-0.25, -0.2) is 0 Å². The van der Waals surface area contributed by atoms with E-state index in [1.165, 1.54) is 17.6 Å². The number of hydrogen-bond donors (Lipinski definition) is 1. The van der Waals surface area contributed by atoms with Crippen LogP contribution in [-0.4, -0.2) is 22.3 Å². The van der Waals surface area contributed by atoms with Crippen LogP contribution < -0.4 is 4.74 Å². The number of rotatable bonds is 6. The first-order chi connectivity index (χ1) is 16.4. The molecule has 168 valence electrons. The van der Waals surface area contributed by atoms with Crippen LogP contribution in [0.3, 0.4) is 0 Å². The fourth-order valence-corrected chi connectivity index (χ4v) is 5.26. The Kier molecular flexibility index (Phi) is 5.47. The van der Waals surface area contributed by atoms with Crippen LogP contribution in [0.15, 0.2) is 71.3 Å². The Labute approximate surface area is 199 Å². The van der Waals surface area contributed by atoms with Crippen molar-refractivity contribution >= 4 is 33.7 Å². The van der Waals surface area contributed by atoms with E-state index in [-0.39, 0.29) is 17.4 Å². The molecular weight excluding hydrogens is 450 g/mol. The maximum atomic E-state index is 13.6. The highest BCUT2D eigenvalue weighted by Crippen LogP contribution is 2.42. The van der Waals surface area contributed by atoms with Crippen molar-refractivity contribution in [3.63, 3.8) is 0 Å². The number of phenolic OH excluding ortho intramolecular Hbond substituents is 1. The standard InChI is InChI=1S/C27H19NO5S/c1-15-9-16(2)11-19(10-15)25(31)26-24(21-8-7-20(30)12-22(21)34-26)17-3-5-18(6-4-17)27-28-23(13-32-27)33-14-29/h3-14,30H,1-2H3. The van der Waals surface area contributed by atoms with Crippen molar-refractivity contribution < 1.29 is 23.8 Å². The molecule has 1 N–H and O–H groups in total. The van der Waals surface area contributed by atoms with Crippen LogP contribution >= 0.6 is 11.3 Å². The third-order valence-corrected chi connectivity index (χ3v) is 6.59. The molecule has 0 aliphatic heterocycles. The van der Waals surface area contributed by atoms with Gasteiger partial charge in [0.25, 0.3) is 12.4 Å². The second kappa shape index (κ2) is 8.61. The molecule has 0 saturated carbocycles. The summed E-state index contributed by atoms with van der Waals surface area (Å²) in [4.78, 5) is 28.9. The highest BCUT2D eigenvalue weighted by molar-refractivity contribution is 7.21. The summed E-state index contributed by atoms with van der Waals surface area (Å²) in [5.41, 5.74) is 5.05. The first-order valence-corrected chi connectivity index (χ1v) is 11.3. The van der Waals surface area contributed by atoms with Gasteiger partial charge in [0, 0.05) is 26.8 Å². The number of fused-ring (bicyclic) bond motifs is 1. The quantitative estimate of drug-likeness (QED) is 0.231. The fraction of sp³-hybridized carbons (Fsp3) is 0.0741. The number of hydrogen-bond acceptors (Lipinski definition) is 7. The number of ketones is 1. The second-order valence-corrected chi connectivity index (χ2v) is 9.03. The van der Waals surface area contributed by atoms with E-state index in [1.54, 1.807) is 12.1 Å². The summed E-state index contributed by atoms with van der Waals surface area (Å²) in [6.07, 6.45) is 1.26. The summed E-state index contributed by atoms with van der Waals surface area (Å²) in [7, 11) is 0. The lowest BCUT2D eigenvalue weighted by atomic mass is 9.96. The Morgan fingerprint density at radius 3 is 2.41 bits per heavy atom. The predicted octanol–water partition coefficient (Wildman–Crippen LogP) is 6.31. The zero-order valence-electron chi connectivity index (χ0n) is 18.4. The Morgan fingerprint density at radius 2 is 1.71 bits per heavy atom. The lowest BCUT2D eigenvalue weighted by molar-refractivity contribution is -0.120. The van der Waals surface area contributed by atoms with E-state index in [9.17, 15) is 14.7 Å². The Hall–Kier alpha value is -4.23. The average molecular weight is 470 g/mol. The highest BCUT2D eigenvalue weighted by Gasteiger charge is 2.22. The van der Waals surface area contributed by atoms with E-state index >= 15 is 0 Å². The van der Waals surface area contributed by atoms with Crippen LogP contribution in [0.25, 0.3) is 32.7 Å². The maximum absolute atomic E-state index is 13.6. The second-order valence-electron chi connectivity index (χ2n) is 7.97. The van der Waals surface area contributed by atoms with Gasteiger partial charge in [0.2, 0.25) is 11.7 Å². The van der Waals surface area contributed by atoms with Gasteiger partial charge in [-0.05, 0) is 61.9 Å². The third-order valence-electron chi connectivity index (χ3n) is 5.44. The van der Waals surface area contributed by atoms with Crippen LogP contribution in [0.2, 0.25) is 0 Å². The molecule has 2 heterocycles. The molecule has 5 aromatic rings. The monoisotopic (exact) mass is 469 g/mol. The zero-order valence-corrected chi connectivity index (χ0v) is 19.2. The molecule has 0 saturated heterocycles. The predicted molar refractivity (Wildman–Crippen MR) is 130 cm³/mol. The Balaban J connectivity index is 1.62. The van der Waals surface area contributed by atoms with Crippen LogP contribution in [0.4, 0.5) is 0 Å². The summed E-state index contributed by atoms with van der Waals surface area (Å²) in [5, 5.41) is 10.9. The van der Waals surface area contributed by atoms with Crippen molar-refractivity contribution in [3.8, 4) is 34.2 Å². The van der Waals surface area contributed by atoms with Crippen molar-refractivity contribution in [1.82, 2.24) is 4.98 Å². The van der Waals surface area contributed by atoms with Crippen molar-refractivity contribution in [2.75, 3.05) is 0 Å². The molecule has 0 spiro atoms. The first-order valence-electron chi connectivity index (χ1n) is 10.5. The fourth-order valence-electron chi connectivity index (χ4n) is 4.04. The largest absolute Gasteiger partial charge is 0.508 e. The van der Waals surface area contributed by atoms with Gasteiger partial charge in [0.15, 0.2) is 6.26 Å². The molecule has 0 aliphatic carbocycles. The Bertz CT molecular complexity index is 1530. The molecule has 3 aromatic carbocycles. The molecule has 0 bridgehead atoms. The number of ether oxygens (including phenoxy) is 1. The van der Waals surface area contributed by atoms with Gasteiger partial charge in [-0.2, -0.15) is 4.98 Å². The van der Waals surface area contributed by atoms with E-state index in [0.29, 0.717) is 28.4 Å². The lowest BCUT2D eigenvalue weighted by Crippen LogP contribution is -2.01. The van der Waals surface area contributed by atoms with Crippen molar-refractivity contribution in [2.45, 2.75) is 13.8 Å². The van der Waals surface area contributed by atoms with Gasteiger partial charge in [0.05, 0.1) is 4.88 Å². The minimum atomic E-state index is -0.0603. The van der Waals surface area contributed by atoms with Crippen molar-refractivity contribution in [1.29, 1.82) is 0 Å². The van der Waals surface area contributed by atoms with Crippen molar-refractivity contribution in [2.24, 2.45) is 0 Å². The summed E-state index contributed by atoms with van der Waals surface area (Å²) in [6.45, 7) is 4.24. The molecule has 0 aliphatic rings. The van der Waals surface area contributed by atoms with E-state index < -0.39 is 0 Å². The van der Waals surface area contributed by atoms with Crippen LogP contribution in [0, 0.1) is 13.8 Å². The molecule has 0 amide bonds. The molecule has 0 atom stereocenters. The third kappa shape index (κ3) is 3.97. The van der Waals surface area contributed by atoms with E-state index in [2.05, 4.69) is 4.98 Å². The first kappa shape index (κ1) is 21.6. The van der Waals surface area contributed by atoms with Gasteiger partial charge in [-0.3, -0.25) is 9.59 Å². The Morgan fingerprint density at radius 1 is 1.00 bits per heavy atom. The van der Waals surface area contributed by atoms with E-state index in [4.69, 9.17) is 9.15 Å². The number of carbonyl (C=O) groups excluding carboxylic acids is 2. The molecule has 0 radical (unpaired) electrons. The smallest absolute Gasteiger partial charge is 0.299 e. The molecule has 34 heavy (non-hydrogen) atoms.